The summed E-state index contributed by atoms with van der Waals surface area (Å²) in [7, 11) is 0. The molecule has 2 nitrogen and oxygen atoms in total. The Morgan fingerprint density at radius 1 is 0.920 bits per heavy atom. The van der Waals surface area contributed by atoms with Gasteiger partial charge in [-0.25, -0.2) is 4.98 Å². The summed E-state index contributed by atoms with van der Waals surface area (Å²) in [6, 6.07) is 12.8. The molecule has 132 valence electrons. The minimum absolute atomic E-state index is 0. The molecule has 25 heavy (non-hydrogen) atoms. The van der Waals surface area contributed by atoms with Crippen LogP contribution >= 0.6 is 24.0 Å². The molecule has 0 aliphatic rings. The molecule has 7 heteroatoms. The maximum Gasteiger partial charge on any atom is 0.416 e. The number of nitrogens with one attached hydrogen (secondary N) is 1. The lowest BCUT2D eigenvalue weighted by Gasteiger charge is -2.08. The van der Waals surface area contributed by atoms with Gasteiger partial charge >= 0.3 is 6.18 Å². The van der Waals surface area contributed by atoms with E-state index in [1.807, 2.05) is 24.3 Å². The number of rotatable bonds is 4. The van der Waals surface area contributed by atoms with Gasteiger partial charge in [-0.3, -0.25) is 0 Å². The van der Waals surface area contributed by atoms with E-state index in [-0.39, 0.29) is 12.4 Å². The zero-order valence-corrected chi connectivity index (χ0v) is 14.6. The smallest absolute Gasteiger partial charge is 0.345 e. The molecule has 0 bridgehead atoms. The molecular formula is C18H15Cl2F3N2. The summed E-state index contributed by atoms with van der Waals surface area (Å²) in [5.74, 6) is 1.22. The van der Waals surface area contributed by atoms with Gasteiger partial charge in [0.15, 0.2) is 0 Å². The van der Waals surface area contributed by atoms with Gasteiger partial charge in [0.2, 0.25) is 0 Å². The van der Waals surface area contributed by atoms with E-state index in [0.29, 0.717) is 12.3 Å². The van der Waals surface area contributed by atoms with E-state index in [0.717, 1.165) is 40.3 Å². The second-order valence-electron chi connectivity index (χ2n) is 5.44. The highest BCUT2D eigenvalue weighted by molar-refractivity contribution is 6.16. The number of imidazole rings is 1. The first kappa shape index (κ1) is 19.3. The molecule has 0 unspecified atom stereocenters. The van der Waals surface area contributed by atoms with Gasteiger partial charge in [0, 0.05) is 18.3 Å². The predicted octanol–water partition coefficient (Wildman–Crippen LogP) is 5.85. The van der Waals surface area contributed by atoms with E-state index in [4.69, 9.17) is 11.6 Å². The molecule has 0 saturated carbocycles. The largest absolute Gasteiger partial charge is 0.416 e. The van der Waals surface area contributed by atoms with Crippen molar-refractivity contribution in [3.63, 3.8) is 0 Å². The number of benzene rings is 2. The highest BCUT2D eigenvalue weighted by Crippen LogP contribution is 2.31. The Balaban J connectivity index is 0.00000225. The number of halogens is 5. The number of nitrogens with zero attached hydrogens (tertiary/aromatic N) is 1. The van der Waals surface area contributed by atoms with E-state index >= 15 is 0 Å². The topological polar surface area (TPSA) is 28.7 Å². The van der Waals surface area contributed by atoms with Gasteiger partial charge in [0.1, 0.15) is 5.82 Å². The molecule has 1 heterocycles. The van der Waals surface area contributed by atoms with Crippen molar-refractivity contribution in [1.29, 1.82) is 0 Å². The first-order chi connectivity index (χ1) is 11.5. The van der Waals surface area contributed by atoms with Gasteiger partial charge in [-0.15, -0.1) is 24.0 Å². The van der Waals surface area contributed by atoms with Crippen molar-refractivity contribution < 1.29 is 13.2 Å². The van der Waals surface area contributed by atoms with Gasteiger partial charge in [0.25, 0.3) is 0 Å². The number of H-pyrrole nitrogens is 1. The standard InChI is InChI=1S/C18H14ClF3N2.ClH/c19-10-16-11-23-17(24-16)9-12-1-3-13(4-2-12)14-5-7-15(8-6-14)18(20,21)22;/h1-8,11H,9-10H2,(H,23,24);1H. The first-order valence-corrected chi connectivity index (χ1v) is 7.84. The predicted molar refractivity (Wildman–Crippen MR) is 95.1 cm³/mol. The van der Waals surface area contributed by atoms with Crippen molar-refractivity contribution in [1.82, 2.24) is 9.97 Å². The van der Waals surface area contributed by atoms with Crippen molar-refractivity contribution in [2.45, 2.75) is 18.5 Å². The molecule has 0 aliphatic heterocycles. The fraction of sp³-hybridized carbons (Fsp3) is 0.167. The second-order valence-corrected chi connectivity index (χ2v) is 5.70. The SMILES string of the molecule is Cl.FC(F)(F)c1ccc(-c2ccc(Cc3ncc(CCl)[nH]3)cc2)cc1. The maximum atomic E-state index is 12.6. The van der Waals surface area contributed by atoms with Crippen LogP contribution in [0, 0.1) is 0 Å². The van der Waals surface area contributed by atoms with E-state index in [9.17, 15) is 13.2 Å². The molecule has 0 spiro atoms. The molecule has 0 atom stereocenters. The van der Waals surface area contributed by atoms with Crippen LogP contribution in [0.5, 0.6) is 0 Å². The number of alkyl halides is 4. The maximum absolute atomic E-state index is 12.6. The fourth-order valence-corrected chi connectivity index (χ4v) is 2.56. The molecule has 0 aliphatic carbocycles. The normalized spacial score (nSPS) is 11.2. The van der Waals surface area contributed by atoms with Crippen molar-refractivity contribution in [3.8, 4) is 11.1 Å². The highest BCUT2D eigenvalue weighted by Gasteiger charge is 2.29. The monoisotopic (exact) mass is 386 g/mol. The second kappa shape index (κ2) is 7.93. The van der Waals surface area contributed by atoms with Crippen LogP contribution in [0.25, 0.3) is 11.1 Å². The average molecular weight is 387 g/mol. The Kier molecular flexibility index (Phi) is 6.14. The van der Waals surface area contributed by atoms with Gasteiger partial charge < -0.3 is 4.98 Å². The Morgan fingerprint density at radius 3 is 1.96 bits per heavy atom. The number of aromatic nitrogens is 2. The van der Waals surface area contributed by atoms with Crippen molar-refractivity contribution >= 4 is 24.0 Å². The first-order valence-electron chi connectivity index (χ1n) is 7.31. The van der Waals surface area contributed by atoms with Crippen LogP contribution in [-0.4, -0.2) is 9.97 Å². The molecule has 1 N–H and O–H groups in total. The number of hydrogen-bond acceptors (Lipinski definition) is 1. The minimum Gasteiger partial charge on any atom is -0.345 e. The van der Waals surface area contributed by atoms with Gasteiger partial charge in [-0.1, -0.05) is 36.4 Å². The summed E-state index contributed by atoms with van der Waals surface area (Å²) in [6.45, 7) is 0. The van der Waals surface area contributed by atoms with Crippen LogP contribution in [0.4, 0.5) is 13.2 Å². The lowest BCUT2D eigenvalue weighted by atomic mass is 10.0. The Morgan fingerprint density at radius 2 is 1.48 bits per heavy atom. The van der Waals surface area contributed by atoms with Gasteiger partial charge in [-0.05, 0) is 28.8 Å². The lowest BCUT2D eigenvalue weighted by molar-refractivity contribution is -0.137. The van der Waals surface area contributed by atoms with Gasteiger partial charge in [0.05, 0.1) is 11.4 Å². The lowest BCUT2D eigenvalue weighted by Crippen LogP contribution is -2.03. The van der Waals surface area contributed by atoms with Crippen LogP contribution in [0.2, 0.25) is 0 Å². The Bertz CT molecular complexity index is 810. The summed E-state index contributed by atoms with van der Waals surface area (Å²) >= 11 is 5.73. The molecule has 0 fully saturated rings. The molecule has 0 saturated heterocycles. The third kappa shape index (κ3) is 4.77. The van der Waals surface area contributed by atoms with E-state index in [1.165, 1.54) is 12.1 Å². The van der Waals surface area contributed by atoms with E-state index in [2.05, 4.69) is 9.97 Å². The third-order valence-electron chi connectivity index (χ3n) is 3.70. The molecule has 2 aromatic carbocycles. The average Bonchev–Trinajstić information content (AvgIpc) is 3.02. The fourth-order valence-electron chi connectivity index (χ4n) is 2.42. The molecule has 0 amide bonds. The molecule has 1 aromatic heterocycles. The van der Waals surface area contributed by atoms with Crippen molar-refractivity contribution in [2.75, 3.05) is 0 Å². The van der Waals surface area contributed by atoms with Crippen LogP contribution in [0.15, 0.2) is 54.7 Å². The molecule has 0 radical (unpaired) electrons. The van der Waals surface area contributed by atoms with Crippen molar-refractivity contribution in [2.24, 2.45) is 0 Å². The summed E-state index contributed by atoms with van der Waals surface area (Å²) < 4.78 is 37.8. The summed E-state index contributed by atoms with van der Waals surface area (Å²) in [4.78, 5) is 7.38. The molecular weight excluding hydrogens is 372 g/mol. The van der Waals surface area contributed by atoms with Crippen LogP contribution in [0.3, 0.4) is 0 Å². The zero-order valence-electron chi connectivity index (χ0n) is 13.0. The zero-order chi connectivity index (χ0) is 17.2. The van der Waals surface area contributed by atoms with Crippen LogP contribution in [0.1, 0.15) is 22.6 Å². The van der Waals surface area contributed by atoms with E-state index in [1.54, 1.807) is 6.20 Å². The third-order valence-corrected chi connectivity index (χ3v) is 3.98. The quantitative estimate of drug-likeness (QED) is 0.560. The van der Waals surface area contributed by atoms with Crippen molar-refractivity contribution in [3.05, 3.63) is 77.4 Å². The highest BCUT2D eigenvalue weighted by atomic mass is 35.5. The van der Waals surface area contributed by atoms with E-state index < -0.39 is 11.7 Å². The summed E-state index contributed by atoms with van der Waals surface area (Å²) in [5, 5.41) is 0. The van der Waals surface area contributed by atoms with Crippen LogP contribution < -0.4 is 0 Å². The Hall–Kier alpha value is -1.98. The summed E-state index contributed by atoms with van der Waals surface area (Å²) in [6.07, 6.45) is -1.96. The summed E-state index contributed by atoms with van der Waals surface area (Å²) in [5.41, 5.74) is 2.90. The molecule has 3 rings (SSSR count). The number of hydrogen-bond donors (Lipinski definition) is 1. The number of aromatic amines is 1. The molecule has 3 aromatic rings. The Labute approximate surface area is 154 Å². The minimum atomic E-state index is -4.31. The van der Waals surface area contributed by atoms with Crippen LogP contribution in [-0.2, 0) is 18.5 Å². The van der Waals surface area contributed by atoms with Gasteiger partial charge in [-0.2, -0.15) is 13.2 Å².